The van der Waals surface area contributed by atoms with E-state index in [0.717, 1.165) is 11.1 Å². The quantitative estimate of drug-likeness (QED) is 0.238. The predicted molar refractivity (Wildman–Crippen MR) is 164 cm³/mol. The van der Waals surface area contributed by atoms with Crippen molar-refractivity contribution in [2.24, 2.45) is 0 Å². The number of carbonyl (C=O) groups excluding carboxylic acids is 2. The third-order valence-electron chi connectivity index (χ3n) is 6.57. The Morgan fingerprint density at radius 1 is 0.833 bits per heavy atom. The van der Waals surface area contributed by atoms with Gasteiger partial charge in [0.15, 0.2) is 0 Å². The molecule has 0 aliphatic heterocycles. The van der Waals surface area contributed by atoms with Crippen molar-refractivity contribution in [3.63, 3.8) is 0 Å². The van der Waals surface area contributed by atoms with E-state index in [1.807, 2.05) is 69.3 Å². The number of para-hydroxylation sites is 1. The van der Waals surface area contributed by atoms with Crippen LogP contribution in [0.4, 0.5) is 16.3 Å². The molecule has 0 saturated carbocycles. The van der Waals surface area contributed by atoms with Gasteiger partial charge in [-0.3, -0.25) is 14.6 Å². The fraction of sp³-hybridized carbons (Fsp3) is 0.235. The van der Waals surface area contributed by atoms with Gasteiger partial charge in [-0.2, -0.15) is 0 Å². The zero-order chi connectivity index (χ0) is 30.3. The maximum absolute atomic E-state index is 13.5. The van der Waals surface area contributed by atoms with E-state index in [1.165, 1.54) is 9.80 Å². The maximum Gasteiger partial charge on any atom is 0.415 e. The van der Waals surface area contributed by atoms with Crippen molar-refractivity contribution < 1.29 is 24.2 Å². The summed E-state index contributed by atoms with van der Waals surface area (Å²) in [5.41, 5.74) is 2.78. The molecule has 0 radical (unpaired) electrons. The highest BCUT2D eigenvalue weighted by Crippen LogP contribution is 2.25. The number of nitrogens with zero attached hydrogens (tertiary/aromatic N) is 3. The van der Waals surface area contributed by atoms with Crippen LogP contribution in [0.1, 0.15) is 43.1 Å². The van der Waals surface area contributed by atoms with E-state index in [4.69, 9.17) is 4.74 Å². The number of carboxylic acids is 1. The molecule has 0 spiro atoms. The summed E-state index contributed by atoms with van der Waals surface area (Å²) in [6, 6.07) is 29.6. The lowest BCUT2D eigenvalue weighted by Crippen LogP contribution is -2.45. The zero-order valence-electron chi connectivity index (χ0n) is 24.2. The van der Waals surface area contributed by atoms with Gasteiger partial charge in [-0.05, 0) is 75.6 Å². The largest absolute Gasteiger partial charge is 0.480 e. The first kappa shape index (κ1) is 30.0. The Morgan fingerprint density at radius 2 is 1.45 bits per heavy atom. The van der Waals surface area contributed by atoms with Gasteiger partial charge in [-0.25, -0.2) is 14.6 Å². The molecule has 1 aromatic heterocycles. The van der Waals surface area contributed by atoms with Gasteiger partial charge in [0.2, 0.25) is 0 Å². The SMILES string of the molecule is CN(C(=O)OC(C)(C)C)c1cccc(-c2ccc(CC[C@@H](C(=O)O)N(C(=O)c3ccccc3)c3ccccc3)cc2)n1. The zero-order valence-corrected chi connectivity index (χ0v) is 24.2. The predicted octanol–water partition coefficient (Wildman–Crippen LogP) is 6.85. The van der Waals surface area contributed by atoms with Crippen molar-refractivity contribution in [3.05, 3.63) is 114 Å². The number of rotatable bonds is 9. The first-order chi connectivity index (χ1) is 20.0. The van der Waals surface area contributed by atoms with Gasteiger partial charge in [-0.1, -0.05) is 66.7 Å². The smallest absolute Gasteiger partial charge is 0.415 e. The number of pyridine rings is 1. The van der Waals surface area contributed by atoms with Gasteiger partial charge in [0, 0.05) is 23.9 Å². The van der Waals surface area contributed by atoms with E-state index < -0.39 is 23.7 Å². The van der Waals surface area contributed by atoms with Crippen LogP contribution in [0.25, 0.3) is 11.3 Å². The van der Waals surface area contributed by atoms with E-state index >= 15 is 0 Å². The van der Waals surface area contributed by atoms with Crippen LogP contribution >= 0.6 is 0 Å². The Kier molecular flexibility index (Phi) is 9.37. The van der Waals surface area contributed by atoms with Crippen LogP contribution in [0.3, 0.4) is 0 Å². The lowest BCUT2D eigenvalue weighted by molar-refractivity contribution is -0.138. The number of benzene rings is 3. The van der Waals surface area contributed by atoms with Crippen molar-refractivity contribution in [1.82, 2.24) is 4.98 Å². The minimum atomic E-state index is -1.07. The molecule has 1 N–H and O–H groups in total. The van der Waals surface area contributed by atoms with Gasteiger partial charge in [0.1, 0.15) is 17.5 Å². The summed E-state index contributed by atoms with van der Waals surface area (Å²) in [5, 5.41) is 10.2. The van der Waals surface area contributed by atoms with Crippen LogP contribution in [0.5, 0.6) is 0 Å². The molecule has 4 aromatic rings. The Balaban J connectivity index is 1.51. The van der Waals surface area contributed by atoms with E-state index in [0.29, 0.717) is 29.2 Å². The molecule has 1 atom stereocenters. The first-order valence-corrected chi connectivity index (χ1v) is 13.7. The van der Waals surface area contributed by atoms with Crippen molar-refractivity contribution in [3.8, 4) is 11.3 Å². The molecule has 0 aliphatic rings. The molecule has 2 amide bonds. The van der Waals surface area contributed by atoms with Crippen LogP contribution in [0.15, 0.2) is 103 Å². The number of aromatic nitrogens is 1. The van der Waals surface area contributed by atoms with Crippen molar-refractivity contribution in [2.75, 3.05) is 16.8 Å². The number of ether oxygens (including phenoxy) is 1. The van der Waals surface area contributed by atoms with Crippen molar-refractivity contribution in [1.29, 1.82) is 0 Å². The lowest BCUT2D eigenvalue weighted by Gasteiger charge is -2.29. The number of hydrogen-bond acceptors (Lipinski definition) is 5. The standard InChI is InChI=1S/C34H35N3O5/c1-34(2,3)42-33(41)36(4)30-17-11-16-28(35-30)25-21-18-24(19-22-25)20-23-29(32(39)40)37(27-14-9-6-10-15-27)31(38)26-12-7-5-8-13-26/h5-19,21-22,29H,20,23H2,1-4H3,(H,39,40)/t29-/m0/s1. The number of anilines is 2. The molecule has 1 heterocycles. The van der Waals surface area contributed by atoms with Gasteiger partial charge in [0.05, 0.1) is 5.69 Å². The Morgan fingerprint density at radius 3 is 2.05 bits per heavy atom. The van der Waals surface area contributed by atoms with Gasteiger partial charge in [0.25, 0.3) is 5.91 Å². The molecule has 3 aromatic carbocycles. The number of carboxylic acid groups (broad SMARTS) is 1. The highest BCUT2D eigenvalue weighted by molar-refractivity contribution is 6.09. The Labute approximate surface area is 246 Å². The van der Waals surface area contributed by atoms with Gasteiger partial charge in [-0.15, -0.1) is 0 Å². The number of aryl methyl sites for hydroxylation is 1. The van der Waals surface area contributed by atoms with Crippen LogP contribution in [0.2, 0.25) is 0 Å². The molecule has 4 rings (SSSR count). The molecule has 8 heteroatoms. The first-order valence-electron chi connectivity index (χ1n) is 13.7. The van der Waals surface area contributed by atoms with Crippen molar-refractivity contribution in [2.45, 2.75) is 45.3 Å². The molecular formula is C34H35N3O5. The molecule has 0 fully saturated rings. The van der Waals surface area contributed by atoms with Crippen LogP contribution in [-0.2, 0) is 16.0 Å². The summed E-state index contributed by atoms with van der Waals surface area (Å²) in [6.45, 7) is 5.43. The summed E-state index contributed by atoms with van der Waals surface area (Å²) >= 11 is 0. The molecule has 0 saturated heterocycles. The maximum atomic E-state index is 13.5. The minimum Gasteiger partial charge on any atom is -0.480 e. The summed E-state index contributed by atoms with van der Waals surface area (Å²) in [7, 11) is 1.61. The molecule has 0 bridgehead atoms. The third kappa shape index (κ3) is 7.60. The lowest BCUT2D eigenvalue weighted by atomic mass is 10.0. The minimum absolute atomic E-state index is 0.219. The van der Waals surface area contributed by atoms with E-state index in [9.17, 15) is 19.5 Å². The second kappa shape index (κ2) is 13.1. The molecule has 0 unspecified atom stereocenters. The number of amides is 2. The summed E-state index contributed by atoms with van der Waals surface area (Å²) in [4.78, 5) is 45.8. The second-order valence-corrected chi connectivity index (χ2v) is 10.9. The van der Waals surface area contributed by atoms with E-state index in [1.54, 1.807) is 61.6 Å². The number of carbonyl (C=O) groups is 3. The van der Waals surface area contributed by atoms with E-state index in [2.05, 4.69) is 4.98 Å². The van der Waals surface area contributed by atoms with Crippen LogP contribution in [-0.4, -0.2) is 46.8 Å². The second-order valence-electron chi connectivity index (χ2n) is 10.9. The highest BCUT2D eigenvalue weighted by atomic mass is 16.6. The summed E-state index contributed by atoms with van der Waals surface area (Å²) < 4.78 is 5.44. The van der Waals surface area contributed by atoms with Crippen molar-refractivity contribution >= 4 is 29.5 Å². The Hall–Kier alpha value is -4.98. The van der Waals surface area contributed by atoms with Crippen LogP contribution in [0, 0.1) is 0 Å². The monoisotopic (exact) mass is 565 g/mol. The highest BCUT2D eigenvalue weighted by Gasteiger charge is 2.31. The molecular weight excluding hydrogens is 530 g/mol. The third-order valence-corrected chi connectivity index (χ3v) is 6.57. The topological polar surface area (TPSA) is 100 Å². The molecule has 42 heavy (non-hydrogen) atoms. The molecule has 0 aliphatic carbocycles. The van der Waals surface area contributed by atoms with E-state index in [-0.39, 0.29) is 12.3 Å². The molecule has 8 nitrogen and oxygen atoms in total. The summed E-state index contributed by atoms with van der Waals surface area (Å²) in [5.74, 6) is -0.985. The van der Waals surface area contributed by atoms with Crippen LogP contribution < -0.4 is 9.80 Å². The number of hydrogen-bond donors (Lipinski definition) is 1. The normalized spacial score (nSPS) is 11.8. The summed E-state index contributed by atoms with van der Waals surface area (Å²) in [6.07, 6.45) is 0.166. The fourth-order valence-corrected chi connectivity index (χ4v) is 4.45. The number of aliphatic carboxylic acids is 1. The average molecular weight is 566 g/mol. The average Bonchev–Trinajstić information content (AvgIpc) is 2.98. The molecule has 216 valence electrons. The Bertz CT molecular complexity index is 1520. The van der Waals surface area contributed by atoms with Gasteiger partial charge >= 0.3 is 12.1 Å². The van der Waals surface area contributed by atoms with Gasteiger partial charge < -0.3 is 9.84 Å². The fourth-order valence-electron chi connectivity index (χ4n) is 4.45.